The molecule has 150 valence electrons. The number of nitrogens with zero attached hydrogens (tertiary/aromatic N) is 3. The lowest BCUT2D eigenvalue weighted by Gasteiger charge is -2.41. The van der Waals surface area contributed by atoms with Crippen molar-refractivity contribution >= 4 is 11.9 Å². The molecule has 7 heteroatoms. The Morgan fingerprint density at radius 3 is 2.62 bits per heavy atom. The van der Waals surface area contributed by atoms with Gasteiger partial charge < -0.3 is 16.0 Å². The van der Waals surface area contributed by atoms with E-state index in [0.717, 1.165) is 25.7 Å². The molecule has 1 heterocycles. The highest BCUT2D eigenvalue weighted by Gasteiger charge is 2.37. The van der Waals surface area contributed by atoms with Crippen LogP contribution in [0.4, 0.5) is 0 Å². The van der Waals surface area contributed by atoms with Gasteiger partial charge in [0.2, 0.25) is 12.2 Å². The van der Waals surface area contributed by atoms with Crippen molar-refractivity contribution in [3.05, 3.63) is 66.0 Å². The Morgan fingerprint density at radius 1 is 1.24 bits per heavy atom. The van der Waals surface area contributed by atoms with Gasteiger partial charge in [0.25, 0.3) is 5.91 Å². The lowest BCUT2D eigenvalue weighted by Crippen LogP contribution is -2.49. The van der Waals surface area contributed by atoms with Crippen LogP contribution in [0, 0.1) is 11.5 Å². The van der Waals surface area contributed by atoms with Crippen LogP contribution >= 0.6 is 0 Å². The summed E-state index contributed by atoms with van der Waals surface area (Å²) >= 11 is 0. The van der Waals surface area contributed by atoms with Gasteiger partial charge in [0.15, 0.2) is 0 Å². The maximum Gasteiger partial charge on any atom is 0.252 e. The third kappa shape index (κ3) is 5.11. The van der Waals surface area contributed by atoms with E-state index in [1.165, 1.54) is 5.56 Å². The van der Waals surface area contributed by atoms with Gasteiger partial charge in [-0.25, -0.2) is 0 Å². The van der Waals surface area contributed by atoms with Gasteiger partial charge in [-0.2, -0.15) is 5.26 Å². The molecule has 1 aliphatic rings. The first-order chi connectivity index (χ1) is 14.2. The molecule has 0 spiro atoms. The first-order valence-electron chi connectivity index (χ1n) is 9.82. The number of nitrogens with one attached hydrogen (secondary N) is 3. The summed E-state index contributed by atoms with van der Waals surface area (Å²) in [6, 6.07) is 14.1. The van der Waals surface area contributed by atoms with Gasteiger partial charge >= 0.3 is 0 Å². The fraction of sp³-hybridized carbons (Fsp3) is 0.364. The van der Waals surface area contributed by atoms with Crippen molar-refractivity contribution < 1.29 is 4.79 Å². The van der Waals surface area contributed by atoms with Crippen LogP contribution in [-0.2, 0) is 5.41 Å². The molecule has 0 atom stereocenters. The lowest BCUT2D eigenvalue weighted by atomic mass is 9.68. The van der Waals surface area contributed by atoms with E-state index < -0.39 is 0 Å². The zero-order chi connectivity index (χ0) is 20.5. The largest absolute Gasteiger partial charge is 0.359 e. The Bertz CT molecular complexity index is 867. The van der Waals surface area contributed by atoms with Crippen molar-refractivity contribution in [2.75, 3.05) is 13.6 Å². The standard InChI is InChI=1S/C22H26N6O/c1-24-21(27-16-23)28-19-9-11-22(12-10-19,18-7-3-2-4-8-18)15-26-20(29)17-6-5-13-25-14-17/h2-8,13-14,19H,9-12,15H2,1H3,(H,26,29)(H2,24,27,28)/t19-,22-. The molecule has 1 aromatic carbocycles. The zero-order valence-electron chi connectivity index (χ0n) is 16.6. The van der Waals surface area contributed by atoms with Crippen LogP contribution in [-0.4, -0.2) is 36.5 Å². The number of aromatic nitrogens is 1. The molecule has 1 aliphatic carbocycles. The monoisotopic (exact) mass is 390 g/mol. The SMILES string of the molecule is CN/C(=N\C#N)N[C@H]1CC[C@](CNC(=O)c2cccnc2)(c2ccccc2)CC1. The van der Waals surface area contributed by atoms with E-state index in [-0.39, 0.29) is 17.4 Å². The van der Waals surface area contributed by atoms with Crippen molar-refractivity contribution in [2.24, 2.45) is 4.99 Å². The van der Waals surface area contributed by atoms with Crippen LogP contribution in [0.2, 0.25) is 0 Å². The molecule has 7 nitrogen and oxygen atoms in total. The lowest BCUT2D eigenvalue weighted by molar-refractivity contribution is 0.0934. The highest BCUT2D eigenvalue weighted by Crippen LogP contribution is 2.39. The van der Waals surface area contributed by atoms with Gasteiger partial charge in [-0.3, -0.25) is 9.78 Å². The molecule has 3 rings (SSSR count). The molecule has 0 saturated heterocycles. The van der Waals surface area contributed by atoms with E-state index in [0.29, 0.717) is 18.1 Å². The number of guanidine groups is 1. The predicted molar refractivity (Wildman–Crippen MR) is 112 cm³/mol. The highest BCUT2D eigenvalue weighted by molar-refractivity contribution is 5.93. The Labute approximate surface area is 171 Å². The summed E-state index contributed by atoms with van der Waals surface area (Å²) in [7, 11) is 1.74. The number of rotatable bonds is 5. The molecule has 1 saturated carbocycles. The van der Waals surface area contributed by atoms with Gasteiger partial charge in [-0.05, 0) is 43.4 Å². The normalized spacial score (nSPS) is 21.7. The number of hydrogen-bond donors (Lipinski definition) is 3. The quantitative estimate of drug-likeness (QED) is 0.413. The van der Waals surface area contributed by atoms with Gasteiger partial charge in [0.1, 0.15) is 0 Å². The van der Waals surface area contributed by atoms with Gasteiger partial charge in [0, 0.05) is 37.4 Å². The molecule has 2 aromatic rings. The van der Waals surface area contributed by atoms with E-state index in [4.69, 9.17) is 5.26 Å². The average molecular weight is 390 g/mol. The van der Waals surface area contributed by atoms with E-state index in [1.807, 2.05) is 24.4 Å². The molecule has 0 unspecified atom stereocenters. The van der Waals surface area contributed by atoms with Crippen LogP contribution in [0.3, 0.4) is 0 Å². The number of aliphatic imine (C=N–C) groups is 1. The smallest absolute Gasteiger partial charge is 0.252 e. The predicted octanol–water partition coefficient (Wildman–Crippen LogP) is 2.34. The second kappa shape index (κ2) is 9.69. The molecule has 0 bridgehead atoms. The van der Waals surface area contributed by atoms with Gasteiger partial charge in [0.05, 0.1) is 5.56 Å². The maximum atomic E-state index is 12.6. The highest BCUT2D eigenvalue weighted by atomic mass is 16.1. The third-order valence-electron chi connectivity index (χ3n) is 5.58. The fourth-order valence-electron chi connectivity index (χ4n) is 3.93. The summed E-state index contributed by atoms with van der Waals surface area (Å²) in [6.45, 7) is 0.572. The Balaban J connectivity index is 1.71. The number of pyridine rings is 1. The minimum atomic E-state index is -0.122. The van der Waals surface area contributed by atoms with Crippen LogP contribution < -0.4 is 16.0 Å². The molecule has 29 heavy (non-hydrogen) atoms. The third-order valence-corrected chi connectivity index (χ3v) is 5.58. The number of hydrogen-bond acceptors (Lipinski definition) is 4. The maximum absolute atomic E-state index is 12.6. The van der Waals surface area contributed by atoms with E-state index in [1.54, 1.807) is 31.6 Å². The minimum absolute atomic E-state index is 0.104. The fourth-order valence-corrected chi connectivity index (χ4v) is 3.93. The minimum Gasteiger partial charge on any atom is -0.359 e. The van der Waals surface area contributed by atoms with Gasteiger partial charge in [-0.15, -0.1) is 4.99 Å². The summed E-state index contributed by atoms with van der Waals surface area (Å²) in [6.07, 6.45) is 8.74. The Kier molecular flexibility index (Phi) is 6.80. The van der Waals surface area contributed by atoms with E-state index >= 15 is 0 Å². The molecule has 1 fully saturated rings. The van der Waals surface area contributed by atoms with Crippen molar-refractivity contribution in [3.63, 3.8) is 0 Å². The summed E-state index contributed by atoms with van der Waals surface area (Å²) in [5, 5.41) is 18.1. The zero-order valence-corrected chi connectivity index (χ0v) is 16.6. The number of benzene rings is 1. The number of carbonyl (C=O) groups excluding carboxylic acids is 1. The van der Waals surface area contributed by atoms with Crippen molar-refractivity contribution in [3.8, 4) is 6.19 Å². The van der Waals surface area contributed by atoms with Crippen molar-refractivity contribution in [2.45, 2.75) is 37.1 Å². The molecule has 1 amide bonds. The molecule has 0 aliphatic heterocycles. The molecular weight excluding hydrogens is 364 g/mol. The second-order valence-electron chi connectivity index (χ2n) is 7.30. The van der Waals surface area contributed by atoms with Gasteiger partial charge in [-0.1, -0.05) is 30.3 Å². The van der Waals surface area contributed by atoms with Crippen LogP contribution in [0.15, 0.2) is 59.9 Å². The summed E-state index contributed by atoms with van der Waals surface area (Å²) in [4.78, 5) is 20.4. The summed E-state index contributed by atoms with van der Waals surface area (Å²) < 4.78 is 0. The number of nitriles is 1. The summed E-state index contributed by atoms with van der Waals surface area (Å²) in [5.74, 6) is 0.391. The first kappa shape index (κ1) is 20.3. The molecule has 3 N–H and O–H groups in total. The van der Waals surface area contributed by atoms with Crippen LogP contribution in [0.1, 0.15) is 41.6 Å². The average Bonchev–Trinajstić information content (AvgIpc) is 2.79. The van der Waals surface area contributed by atoms with E-state index in [9.17, 15) is 4.79 Å². The topological polar surface area (TPSA) is 102 Å². The second-order valence-corrected chi connectivity index (χ2v) is 7.30. The first-order valence-corrected chi connectivity index (χ1v) is 9.82. The molecular formula is C22H26N6O. The molecule has 1 aromatic heterocycles. The Morgan fingerprint density at radius 2 is 2.00 bits per heavy atom. The summed E-state index contributed by atoms with van der Waals surface area (Å²) in [5.41, 5.74) is 1.69. The Hall–Kier alpha value is -3.40. The van der Waals surface area contributed by atoms with Crippen LogP contribution in [0.25, 0.3) is 0 Å². The molecule has 0 radical (unpaired) electrons. The number of carbonyl (C=O) groups is 1. The van der Waals surface area contributed by atoms with Crippen LogP contribution in [0.5, 0.6) is 0 Å². The van der Waals surface area contributed by atoms with E-state index in [2.05, 4.69) is 38.1 Å². The van der Waals surface area contributed by atoms with Crippen molar-refractivity contribution in [1.82, 2.24) is 20.9 Å². The van der Waals surface area contributed by atoms with Crippen molar-refractivity contribution in [1.29, 1.82) is 5.26 Å². The number of amides is 1.